The van der Waals surface area contributed by atoms with E-state index in [9.17, 15) is 22.0 Å². The molecule has 3 rings (SSSR count). The predicted molar refractivity (Wildman–Crippen MR) is 98.0 cm³/mol. The topological polar surface area (TPSA) is 75.3 Å². The van der Waals surface area contributed by atoms with Gasteiger partial charge in [-0.3, -0.25) is 9.52 Å². The number of sulfonamides is 1. The average molecular weight is 388 g/mol. The maximum Gasteiger partial charge on any atom is 0.261 e. The van der Waals surface area contributed by atoms with Crippen LogP contribution in [0.3, 0.4) is 0 Å². The van der Waals surface area contributed by atoms with Crippen molar-refractivity contribution in [1.82, 2.24) is 0 Å². The quantitative estimate of drug-likeness (QED) is 0.693. The van der Waals surface area contributed by atoms with Gasteiger partial charge in [-0.15, -0.1) is 0 Å². The molecule has 2 N–H and O–H groups in total. The van der Waals surface area contributed by atoms with E-state index in [4.69, 9.17) is 0 Å². The van der Waals surface area contributed by atoms with E-state index in [0.29, 0.717) is 5.69 Å². The third kappa shape index (κ3) is 4.48. The smallest absolute Gasteiger partial charge is 0.261 e. The molecule has 1 amide bonds. The van der Waals surface area contributed by atoms with Crippen LogP contribution in [0.15, 0.2) is 77.7 Å². The van der Waals surface area contributed by atoms with Crippen LogP contribution in [-0.2, 0) is 10.0 Å². The van der Waals surface area contributed by atoms with E-state index in [2.05, 4.69) is 10.0 Å². The number of hydrogen-bond donors (Lipinski definition) is 2. The zero-order valence-electron chi connectivity index (χ0n) is 13.8. The Bertz CT molecular complexity index is 1080. The normalized spacial score (nSPS) is 11.0. The number of benzene rings is 3. The fraction of sp³-hybridized carbons (Fsp3) is 0. The van der Waals surface area contributed by atoms with Gasteiger partial charge in [0.15, 0.2) is 0 Å². The van der Waals surface area contributed by atoms with Crippen molar-refractivity contribution in [3.8, 4) is 0 Å². The van der Waals surface area contributed by atoms with Crippen molar-refractivity contribution in [1.29, 1.82) is 0 Å². The molecule has 0 radical (unpaired) electrons. The van der Waals surface area contributed by atoms with Crippen LogP contribution in [0.5, 0.6) is 0 Å². The number of halogens is 2. The van der Waals surface area contributed by atoms with E-state index in [0.717, 1.165) is 6.07 Å². The van der Waals surface area contributed by atoms with Gasteiger partial charge < -0.3 is 5.32 Å². The highest BCUT2D eigenvalue weighted by Gasteiger charge is 2.15. The van der Waals surface area contributed by atoms with Crippen LogP contribution in [0.25, 0.3) is 0 Å². The summed E-state index contributed by atoms with van der Waals surface area (Å²) in [7, 11) is -3.92. The SMILES string of the molecule is O=C(Nc1ccc(S(=O)(=O)Nc2cccc(F)c2)cc1)c1ccccc1F. The lowest BCUT2D eigenvalue weighted by Gasteiger charge is -2.10. The van der Waals surface area contributed by atoms with E-state index >= 15 is 0 Å². The molecule has 0 bridgehead atoms. The summed E-state index contributed by atoms with van der Waals surface area (Å²) >= 11 is 0. The van der Waals surface area contributed by atoms with Crippen molar-refractivity contribution in [3.05, 3.63) is 90.0 Å². The highest BCUT2D eigenvalue weighted by molar-refractivity contribution is 7.92. The lowest BCUT2D eigenvalue weighted by molar-refractivity contribution is 0.102. The fourth-order valence-corrected chi connectivity index (χ4v) is 3.38. The van der Waals surface area contributed by atoms with Crippen molar-refractivity contribution in [2.24, 2.45) is 0 Å². The van der Waals surface area contributed by atoms with Crippen LogP contribution in [0.2, 0.25) is 0 Å². The van der Waals surface area contributed by atoms with E-state index in [-0.39, 0.29) is 16.1 Å². The molecule has 27 heavy (non-hydrogen) atoms. The Morgan fingerprint density at radius 1 is 0.815 bits per heavy atom. The number of hydrogen-bond acceptors (Lipinski definition) is 3. The lowest BCUT2D eigenvalue weighted by Crippen LogP contribution is -2.15. The van der Waals surface area contributed by atoms with E-state index < -0.39 is 27.6 Å². The molecule has 0 saturated carbocycles. The van der Waals surface area contributed by atoms with Gasteiger partial charge in [-0.2, -0.15) is 0 Å². The molecule has 0 aliphatic carbocycles. The summed E-state index contributed by atoms with van der Waals surface area (Å²) < 4.78 is 53.8. The Labute approximate surface area is 154 Å². The molecule has 0 aliphatic rings. The summed E-state index contributed by atoms with van der Waals surface area (Å²) in [6.45, 7) is 0. The fourth-order valence-electron chi connectivity index (χ4n) is 2.33. The Balaban J connectivity index is 1.75. The van der Waals surface area contributed by atoms with Gasteiger partial charge in [0.1, 0.15) is 11.6 Å². The molecule has 0 heterocycles. The number of rotatable bonds is 5. The number of carbonyl (C=O) groups is 1. The van der Waals surface area contributed by atoms with Crippen LogP contribution in [0, 0.1) is 11.6 Å². The Morgan fingerprint density at radius 3 is 2.19 bits per heavy atom. The number of amides is 1. The molecule has 0 spiro atoms. The molecule has 0 unspecified atom stereocenters. The van der Waals surface area contributed by atoms with Crippen molar-refractivity contribution in [2.45, 2.75) is 4.90 Å². The molecule has 8 heteroatoms. The van der Waals surface area contributed by atoms with Crippen LogP contribution in [0.1, 0.15) is 10.4 Å². The maximum absolute atomic E-state index is 13.6. The second-order valence-corrected chi connectivity index (χ2v) is 7.26. The Morgan fingerprint density at radius 2 is 1.52 bits per heavy atom. The van der Waals surface area contributed by atoms with Gasteiger partial charge in [-0.1, -0.05) is 18.2 Å². The van der Waals surface area contributed by atoms with Crippen molar-refractivity contribution >= 4 is 27.3 Å². The summed E-state index contributed by atoms with van der Waals surface area (Å²) in [6, 6.07) is 15.9. The summed E-state index contributed by atoms with van der Waals surface area (Å²) in [4.78, 5) is 12.0. The molecule has 0 saturated heterocycles. The van der Waals surface area contributed by atoms with Crippen molar-refractivity contribution in [3.63, 3.8) is 0 Å². The number of carbonyl (C=O) groups excluding carboxylic acids is 1. The first kappa shape index (κ1) is 18.5. The first-order chi connectivity index (χ1) is 12.8. The predicted octanol–water partition coefficient (Wildman–Crippen LogP) is 4.02. The van der Waals surface area contributed by atoms with Crippen molar-refractivity contribution < 1.29 is 22.0 Å². The van der Waals surface area contributed by atoms with Gasteiger partial charge >= 0.3 is 0 Å². The largest absolute Gasteiger partial charge is 0.322 e. The van der Waals surface area contributed by atoms with Crippen LogP contribution < -0.4 is 10.0 Å². The monoisotopic (exact) mass is 388 g/mol. The van der Waals surface area contributed by atoms with Gasteiger partial charge in [-0.05, 0) is 54.6 Å². The second-order valence-electron chi connectivity index (χ2n) is 5.57. The van der Waals surface area contributed by atoms with E-state index in [1.807, 2.05) is 0 Å². The first-order valence-electron chi connectivity index (χ1n) is 7.79. The highest BCUT2D eigenvalue weighted by Crippen LogP contribution is 2.19. The standard InChI is InChI=1S/C19H14F2N2O3S/c20-13-4-3-5-15(12-13)23-27(25,26)16-10-8-14(9-11-16)22-19(24)17-6-1-2-7-18(17)21/h1-12,23H,(H,22,24). The zero-order valence-corrected chi connectivity index (χ0v) is 14.6. The molecule has 3 aromatic carbocycles. The van der Waals surface area contributed by atoms with Crippen molar-refractivity contribution in [2.75, 3.05) is 10.0 Å². The molecular formula is C19H14F2N2O3S. The maximum atomic E-state index is 13.6. The molecule has 0 aliphatic heterocycles. The molecule has 3 aromatic rings. The molecule has 5 nitrogen and oxygen atoms in total. The molecule has 0 aromatic heterocycles. The average Bonchev–Trinajstić information content (AvgIpc) is 2.62. The van der Waals surface area contributed by atoms with Gasteiger partial charge in [0.05, 0.1) is 16.1 Å². The van der Waals surface area contributed by atoms with Crippen LogP contribution in [0.4, 0.5) is 20.2 Å². The summed E-state index contributed by atoms with van der Waals surface area (Å²) in [5.74, 6) is -1.88. The lowest BCUT2D eigenvalue weighted by atomic mass is 10.2. The minimum absolute atomic E-state index is 0.0735. The number of anilines is 2. The summed E-state index contributed by atoms with van der Waals surface area (Å²) in [5, 5.41) is 2.49. The molecular weight excluding hydrogens is 374 g/mol. The molecule has 0 atom stereocenters. The van der Waals surface area contributed by atoms with Gasteiger partial charge in [0.25, 0.3) is 15.9 Å². The van der Waals surface area contributed by atoms with E-state index in [1.165, 1.54) is 66.7 Å². The Hall–Kier alpha value is -3.26. The summed E-state index contributed by atoms with van der Waals surface area (Å²) in [5.41, 5.74) is 0.266. The third-order valence-corrected chi connectivity index (χ3v) is 5.02. The minimum atomic E-state index is -3.92. The summed E-state index contributed by atoms with van der Waals surface area (Å²) in [6.07, 6.45) is 0. The van der Waals surface area contributed by atoms with Gasteiger partial charge in [0, 0.05) is 5.69 Å². The molecule has 0 fully saturated rings. The highest BCUT2D eigenvalue weighted by atomic mass is 32.2. The second kappa shape index (κ2) is 7.55. The van der Waals surface area contributed by atoms with Gasteiger partial charge in [0.2, 0.25) is 0 Å². The first-order valence-corrected chi connectivity index (χ1v) is 9.28. The minimum Gasteiger partial charge on any atom is -0.322 e. The van der Waals surface area contributed by atoms with Crippen LogP contribution in [-0.4, -0.2) is 14.3 Å². The number of nitrogens with one attached hydrogen (secondary N) is 2. The van der Waals surface area contributed by atoms with Gasteiger partial charge in [-0.25, -0.2) is 17.2 Å². The van der Waals surface area contributed by atoms with E-state index in [1.54, 1.807) is 0 Å². The molecule has 138 valence electrons. The van der Waals surface area contributed by atoms with Crippen LogP contribution >= 0.6 is 0 Å². The Kier molecular flexibility index (Phi) is 5.18. The third-order valence-electron chi connectivity index (χ3n) is 3.62. The zero-order chi connectivity index (χ0) is 19.4.